The molecule has 1 amide bonds. The maximum atomic E-state index is 12.1. The largest absolute Gasteiger partial charge is 0.389 e. The SMILES string of the molecule is O=C(Cn1ccc([N+](=O)[O-])n1)NCCC(c1ccccc1)c1ccccc1. The first-order valence-corrected chi connectivity index (χ1v) is 8.68. The monoisotopic (exact) mass is 364 g/mol. The highest BCUT2D eigenvalue weighted by molar-refractivity contribution is 5.75. The van der Waals surface area contributed by atoms with E-state index in [0.29, 0.717) is 6.54 Å². The summed E-state index contributed by atoms with van der Waals surface area (Å²) >= 11 is 0. The second-order valence-electron chi connectivity index (χ2n) is 6.14. The van der Waals surface area contributed by atoms with Crippen LogP contribution in [-0.4, -0.2) is 27.2 Å². The van der Waals surface area contributed by atoms with Crippen molar-refractivity contribution in [3.8, 4) is 0 Å². The molecule has 1 heterocycles. The number of benzene rings is 2. The molecule has 2 aromatic carbocycles. The number of nitrogens with zero attached hydrogens (tertiary/aromatic N) is 3. The summed E-state index contributed by atoms with van der Waals surface area (Å²) in [7, 11) is 0. The first-order chi connectivity index (χ1) is 13.1. The molecule has 0 bridgehead atoms. The number of carbonyl (C=O) groups is 1. The number of nitrogens with one attached hydrogen (secondary N) is 1. The van der Waals surface area contributed by atoms with Crippen molar-refractivity contribution in [1.29, 1.82) is 0 Å². The fraction of sp³-hybridized carbons (Fsp3) is 0.200. The van der Waals surface area contributed by atoms with Crippen molar-refractivity contribution in [2.75, 3.05) is 6.54 Å². The van der Waals surface area contributed by atoms with Gasteiger partial charge in [0.15, 0.2) is 0 Å². The Morgan fingerprint density at radius 3 is 2.15 bits per heavy atom. The van der Waals surface area contributed by atoms with Gasteiger partial charge in [-0.25, -0.2) is 0 Å². The Kier molecular flexibility index (Phi) is 5.94. The van der Waals surface area contributed by atoms with Crippen LogP contribution in [-0.2, 0) is 11.3 Å². The van der Waals surface area contributed by atoms with Gasteiger partial charge in [0, 0.05) is 12.5 Å². The summed E-state index contributed by atoms with van der Waals surface area (Å²) in [5.74, 6) is -0.317. The van der Waals surface area contributed by atoms with E-state index in [-0.39, 0.29) is 24.2 Å². The smallest absolute Gasteiger partial charge is 0.358 e. The lowest BCUT2D eigenvalue weighted by atomic mass is 9.88. The molecule has 0 radical (unpaired) electrons. The summed E-state index contributed by atoms with van der Waals surface area (Å²) in [6, 6.07) is 21.6. The molecule has 0 fully saturated rings. The van der Waals surface area contributed by atoms with Gasteiger partial charge in [-0.15, -0.1) is 0 Å². The van der Waals surface area contributed by atoms with E-state index in [4.69, 9.17) is 0 Å². The van der Waals surface area contributed by atoms with Gasteiger partial charge in [-0.05, 0) is 22.5 Å². The average molecular weight is 364 g/mol. The van der Waals surface area contributed by atoms with Crippen LogP contribution in [0.5, 0.6) is 0 Å². The van der Waals surface area contributed by atoms with E-state index in [9.17, 15) is 14.9 Å². The van der Waals surface area contributed by atoms with Crippen molar-refractivity contribution in [2.45, 2.75) is 18.9 Å². The van der Waals surface area contributed by atoms with Crippen molar-refractivity contribution in [3.05, 3.63) is 94.2 Å². The summed E-state index contributed by atoms with van der Waals surface area (Å²) < 4.78 is 1.26. The molecule has 0 atom stereocenters. The Morgan fingerprint density at radius 2 is 1.63 bits per heavy atom. The molecular weight excluding hydrogens is 344 g/mol. The minimum atomic E-state index is -0.585. The Hall–Kier alpha value is -3.48. The minimum Gasteiger partial charge on any atom is -0.358 e. The second kappa shape index (κ2) is 8.75. The quantitative estimate of drug-likeness (QED) is 0.491. The van der Waals surface area contributed by atoms with Crippen LogP contribution in [0.4, 0.5) is 5.82 Å². The number of nitro groups is 1. The summed E-state index contributed by atoms with van der Waals surface area (Å²) in [5.41, 5.74) is 2.39. The molecule has 0 aliphatic rings. The number of aromatic nitrogens is 2. The average Bonchev–Trinajstić information content (AvgIpc) is 3.15. The van der Waals surface area contributed by atoms with Crippen LogP contribution in [0.3, 0.4) is 0 Å². The van der Waals surface area contributed by atoms with Crippen molar-refractivity contribution in [1.82, 2.24) is 15.1 Å². The van der Waals surface area contributed by atoms with Crippen LogP contribution >= 0.6 is 0 Å². The molecule has 138 valence electrons. The molecule has 1 N–H and O–H groups in total. The van der Waals surface area contributed by atoms with Crippen molar-refractivity contribution < 1.29 is 9.72 Å². The number of hydrogen-bond acceptors (Lipinski definition) is 4. The Balaban J connectivity index is 1.59. The second-order valence-corrected chi connectivity index (χ2v) is 6.14. The maximum Gasteiger partial charge on any atom is 0.389 e. The predicted molar refractivity (Wildman–Crippen MR) is 101 cm³/mol. The van der Waals surface area contributed by atoms with E-state index >= 15 is 0 Å². The molecule has 3 rings (SSSR count). The molecule has 1 aromatic heterocycles. The third kappa shape index (κ3) is 5.01. The standard InChI is InChI=1S/C20H20N4O3/c25-20(15-23-14-12-19(22-23)24(26)27)21-13-11-18(16-7-3-1-4-8-16)17-9-5-2-6-10-17/h1-10,12,14,18H,11,13,15H2,(H,21,25). The van der Waals surface area contributed by atoms with Crippen molar-refractivity contribution >= 4 is 11.7 Å². The van der Waals surface area contributed by atoms with Crippen LogP contribution in [0.25, 0.3) is 0 Å². The normalized spacial score (nSPS) is 10.7. The lowest BCUT2D eigenvalue weighted by Gasteiger charge is -2.18. The van der Waals surface area contributed by atoms with Gasteiger partial charge < -0.3 is 15.4 Å². The van der Waals surface area contributed by atoms with Crippen LogP contribution < -0.4 is 5.32 Å². The summed E-state index contributed by atoms with van der Waals surface area (Å²) in [4.78, 5) is 22.2. The summed E-state index contributed by atoms with van der Waals surface area (Å²) in [6.45, 7) is 0.450. The number of amides is 1. The van der Waals surface area contributed by atoms with E-state index in [1.807, 2.05) is 36.4 Å². The van der Waals surface area contributed by atoms with E-state index < -0.39 is 4.92 Å². The van der Waals surface area contributed by atoms with Gasteiger partial charge in [0.1, 0.15) is 6.54 Å². The van der Waals surface area contributed by atoms with Crippen molar-refractivity contribution in [2.24, 2.45) is 0 Å². The van der Waals surface area contributed by atoms with E-state index in [1.54, 1.807) is 0 Å². The molecular formula is C20H20N4O3. The zero-order valence-corrected chi connectivity index (χ0v) is 14.7. The zero-order chi connectivity index (χ0) is 19.1. The fourth-order valence-electron chi connectivity index (χ4n) is 2.99. The van der Waals surface area contributed by atoms with Gasteiger partial charge in [-0.2, -0.15) is 4.68 Å². The molecule has 0 spiro atoms. The van der Waals surface area contributed by atoms with E-state index in [2.05, 4.69) is 34.7 Å². The summed E-state index contributed by atoms with van der Waals surface area (Å²) in [6.07, 6.45) is 2.17. The highest BCUT2D eigenvalue weighted by Gasteiger charge is 2.16. The Labute approximate surface area is 156 Å². The van der Waals surface area contributed by atoms with Gasteiger partial charge in [0.05, 0.1) is 17.4 Å². The third-order valence-electron chi connectivity index (χ3n) is 4.28. The Morgan fingerprint density at radius 1 is 1.04 bits per heavy atom. The predicted octanol–water partition coefficient (Wildman–Crippen LogP) is 3.13. The zero-order valence-electron chi connectivity index (χ0n) is 14.7. The number of hydrogen-bond donors (Lipinski definition) is 1. The molecule has 0 saturated heterocycles. The molecule has 0 aliphatic heterocycles. The minimum absolute atomic E-state index is 0.0464. The van der Waals surface area contributed by atoms with Crippen LogP contribution in [0.15, 0.2) is 72.9 Å². The Bertz CT molecular complexity index is 854. The van der Waals surface area contributed by atoms with Crippen LogP contribution in [0.2, 0.25) is 0 Å². The third-order valence-corrected chi connectivity index (χ3v) is 4.28. The van der Waals surface area contributed by atoms with E-state index in [0.717, 1.165) is 6.42 Å². The fourth-order valence-corrected chi connectivity index (χ4v) is 2.99. The van der Waals surface area contributed by atoms with Crippen LogP contribution in [0, 0.1) is 10.1 Å². The molecule has 27 heavy (non-hydrogen) atoms. The molecule has 0 aliphatic carbocycles. The highest BCUT2D eigenvalue weighted by Crippen LogP contribution is 2.27. The van der Waals surface area contributed by atoms with Crippen LogP contribution in [0.1, 0.15) is 23.5 Å². The van der Waals surface area contributed by atoms with E-state index in [1.165, 1.54) is 28.1 Å². The van der Waals surface area contributed by atoms with Gasteiger partial charge in [-0.1, -0.05) is 60.7 Å². The molecule has 0 unspecified atom stereocenters. The van der Waals surface area contributed by atoms with Gasteiger partial charge in [-0.3, -0.25) is 4.79 Å². The highest BCUT2D eigenvalue weighted by atomic mass is 16.6. The number of carbonyl (C=O) groups excluding carboxylic acids is 1. The lowest BCUT2D eigenvalue weighted by molar-refractivity contribution is -0.389. The van der Waals surface area contributed by atoms with Gasteiger partial charge in [0.25, 0.3) is 0 Å². The van der Waals surface area contributed by atoms with Gasteiger partial charge >= 0.3 is 5.82 Å². The summed E-state index contributed by atoms with van der Waals surface area (Å²) in [5, 5.41) is 17.3. The topological polar surface area (TPSA) is 90.1 Å². The first kappa shape index (κ1) is 18.3. The van der Waals surface area contributed by atoms with Crippen molar-refractivity contribution in [3.63, 3.8) is 0 Å². The van der Waals surface area contributed by atoms with Gasteiger partial charge in [0.2, 0.25) is 5.91 Å². The molecule has 0 saturated carbocycles. The first-order valence-electron chi connectivity index (χ1n) is 8.68. The molecule has 7 nitrogen and oxygen atoms in total. The molecule has 7 heteroatoms. The number of rotatable bonds is 8. The maximum absolute atomic E-state index is 12.1. The molecule has 3 aromatic rings. The lowest BCUT2D eigenvalue weighted by Crippen LogP contribution is -2.29.